The molecule has 0 radical (unpaired) electrons. The molecule has 0 fully saturated rings. The summed E-state index contributed by atoms with van der Waals surface area (Å²) in [6.07, 6.45) is 0.993. The molecular formula is C8H12N2O4S2. The number of nitrogens with two attached hydrogens (primary N) is 1. The first-order valence-corrected chi connectivity index (χ1v) is 7.69. The molecule has 0 saturated carbocycles. The highest BCUT2D eigenvalue weighted by Gasteiger charge is 2.13. The average molecular weight is 264 g/mol. The minimum Gasteiger partial charge on any atom is -0.225 e. The Kier molecular flexibility index (Phi) is 3.68. The highest BCUT2D eigenvalue weighted by atomic mass is 32.2. The van der Waals surface area contributed by atoms with Crippen molar-refractivity contribution in [3.05, 3.63) is 29.8 Å². The van der Waals surface area contributed by atoms with Gasteiger partial charge in [-0.05, 0) is 11.6 Å². The molecule has 8 heteroatoms. The normalized spacial score (nSPS) is 12.6. The van der Waals surface area contributed by atoms with Crippen molar-refractivity contribution in [3.63, 3.8) is 0 Å². The SMILES string of the molecule is CS(=O)(=O)NCc1ccccc1S(N)(=O)=O. The lowest BCUT2D eigenvalue weighted by atomic mass is 10.2. The fourth-order valence-electron chi connectivity index (χ4n) is 1.14. The molecule has 3 N–H and O–H groups in total. The Hall–Kier alpha value is -0.960. The molecule has 0 bridgehead atoms. The van der Waals surface area contributed by atoms with Gasteiger partial charge in [0, 0.05) is 6.54 Å². The van der Waals surface area contributed by atoms with Crippen LogP contribution in [0.5, 0.6) is 0 Å². The van der Waals surface area contributed by atoms with Crippen molar-refractivity contribution >= 4 is 20.0 Å². The molecule has 1 aromatic carbocycles. The monoisotopic (exact) mass is 264 g/mol. The van der Waals surface area contributed by atoms with Gasteiger partial charge in [-0.15, -0.1) is 0 Å². The highest BCUT2D eigenvalue weighted by molar-refractivity contribution is 7.89. The zero-order chi connectivity index (χ0) is 12.4. The molecule has 16 heavy (non-hydrogen) atoms. The topological polar surface area (TPSA) is 106 Å². The van der Waals surface area contributed by atoms with E-state index in [0.717, 1.165) is 6.26 Å². The molecule has 0 heterocycles. The third kappa shape index (κ3) is 3.89. The zero-order valence-electron chi connectivity index (χ0n) is 8.54. The lowest BCUT2D eigenvalue weighted by molar-refractivity contribution is 0.584. The Morgan fingerprint density at radius 1 is 1.19 bits per heavy atom. The predicted molar refractivity (Wildman–Crippen MR) is 59.5 cm³/mol. The summed E-state index contributed by atoms with van der Waals surface area (Å²) in [5, 5.41) is 4.99. The van der Waals surface area contributed by atoms with Gasteiger partial charge >= 0.3 is 0 Å². The third-order valence-corrected chi connectivity index (χ3v) is 3.48. The van der Waals surface area contributed by atoms with E-state index in [1.165, 1.54) is 18.2 Å². The lowest BCUT2D eigenvalue weighted by Crippen LogP contribution is -2.23. The van der Waals surface area contributed by atoms with E-state index in [9.17, 15) is 16.8 Å². The number of primary sulfonamides is 1. The molecule has 0 aromatic heterocycles. The van der Waals surface area contributed by atoms with Gasteiger partial charge in [-0.1, -0.05) is 18.2 Å². The maximum absolute atomic E-state index is 11.2. The van der Waals surface area contributed by atoms with Crippen molar-refractivity contribution < 1.29 is 16.8 Å². The van der Waals surface area contributed by atoms with E-state index in [0.29, 0.717) is 5.56 Å². The highest BCUT2D eigenvalue weighted by Crippen LogP contribution is 2.13. The average Bonchev–Trinajstić information content (AvgIpc) is 2.12. The van der Waals surface area contributed by atoms with Crippen LogP contribution >= 0.6 is 0 Å². The molecule has 0 aliphatic carbocycles. The number of rotatable bonds is 4. The van der Waals surface area contributed by atoms with Crippen LogP contribution in [0.25, 0.3) is 0 Å². The fourth-order valence-corrected chi connectivity index (χ4v) is 2.33. The standard InChI is InChI=1S/C8H12N2O4S2/c1-15(11,12)10-6-7-4-2-3-5-8(7)16(9,13)14/h2-5,10H,6H2,1H3,(H2,9,13,14). The molecule has 0 atom stereocenters. The van der Waals surface area contributed by atoms with Gasteiger partial charge in [0.2, 0.25) is 20.0 Å². The Bertz CT molecular complexity index is 578. The zero-order valence-corrected chi connectivity index (χ0v) is 10.2. The molecule has 90 valence electrons. The summed E-state index contributed by atoms with van der Waals surface area (Å²) in [7, 11) is -7.21. The van der Waals surface area contributed by atoms with E-state index in [1.54, 1.807) is 6.07 Å². The smallest absolute Gasteiger partial charge is 0.225 e. The van der Waals surface area contributed by atoms with Crippen molar-refractivity contribution in [2.24, 2.45) is 5.14 Å². The number of hydrogen-bond acceptors (Lipinski definition) is 4. The lowest BCUT2D eigenvalue weighted by Gasteiger charge is -2.07. The van der Waals surface area contributed by atoms with Crippen LogP contribution in [0.2, 0.25) is 0 Å². The van der Waals surface area contributed by atoms with Crippen LogP contribution < -0.4 is 9.86 Å². The molecule has 1 aromatic rings. The van der Waals surface area contributed by atoms with E-state index in [1.807, 2.05) is 0 Å². The Morgan fingerprint density at radius 3 is 2.25 bits per heavy atom. The first-order valence-electron chi connectivity index (χ1n) is 4.25. The molecular weight excluding hydrogens is 252 g/mol. The van der Waals surface area contributed by atoms with Gasteiger partial charge in [0.1, 0.15) is 0 Å². The van der Waals surface area contributed by atoms with Gasteiger partial charge in [-0.3, -0.25) is 0 Å². The van der Waals surface area contributed by atoms with Crippen LogP contribution in [0.4, 0.5) is 0 Å². The van der Waals surface area contributed by atoms with Crippen molar-refractivity contribution in [3.8, 4) is 0 Å². The summed E-state index contributed by atoms with van der Waals surface area (Å²) in [6.45, 7) is -0.106. The Labute approximate surface area is 94.6 Å². The maximum atomic E-state index is 11.2. The number of sulfonamides is 2. The van der Waals surface area contributed by atoms with Gasteiger partial charge in [0.05, 0.1) is 11.2 Å². The van der Waals surface area contributed by atoms with Crippen LogP contribution in [0.15, 0.2) is 29.2 Å². The molecule has 6 nitrogen and oxygen atoms in total. The second kappa shape index (κ2) is 4.50. The van der Waals surface area contributed by atoms with Crippen molar-refractivity contribution in [2.45, 2.75) is 11.4 Å². The molecule has 0 saturated heterocycles. The van der Waals surface area contributed by atoms with Gasteiger partial charge in [0.25, 0.3) is 0 Å². The van der Waals surface area contributed by atoms with Crippen molar-refractivity contribution in [1.29, 1.82) is 0 Å². The summed E-state index contributed by atoms with van der Waals surface area (Å²) in [6, 6.07) is 5.95. The Morgan fingerprint density at radius 2 is 1.75 bits per heavy atom. The molecule has 0 unspecified atom stereocenters. The summed E-state index contributed by atoms with van der Waals surface area (Å²) in [5.41, 5.74) is 0.315. The molecule has 0 aliphatic heterocycles. The Balaban J connectivity index is 3.06. The predicted octanol–water partition coefficient (Wildman–Crippen LogP) is -0.617. The van der Waals surface area contributed by atoms with E-state index in [4.69, 9.17) is 5.14 Å². The van der Waals surface area contributed by atoms with Crippen molar-refractivity contribution in [2.75, 3.05) is 6.26 Å². The van der Waals surface area contributed by atoms with E-state index < -0.39 is 20.0 Å². The van der Waals surface area contributed by atoms with Gasteiger partial charge in [-0.2, -0.15) is 0 Å². The molecule has 1 rings (SSSR count). The van der Waals surface area contributed by atoms with E-state index in [-0.39, 0.29) is 11.4 Å². The van der Waals surface area contributed by atoms with Gasteiger partial charge < -0.3 is 0 Å². The second-order valence-corrected chi connectivity index (χ2v) is 6.61. The summed E-state index contributed by atoms with van der Waals surface area (Å²) in [5.74, 6) is 0. The van der Waals surface area contributed by atoms with Crippen molar-refractivity contribution in [1.82, 2.24) is 4.72 Å². The molecule has 0 aliphatic rings. The molecule has 0 amide bonds. The summed E-state index contributed by atoms with van der Waals surface area (Å²) in [4.78, 5) is -0.0776. The van der Waals surface area contributed by atoms with Crippen LogP contribution in [0.3, 0.4) is 0 Å². The number of hydrogen-bond donors (Lipinski definition) is 2. The van der Waals surface area contributed by atoms with E-state index >= 15 is 0 Å². The van der Waals surface area contributed by atoms with Gasteiger partial charge in [0.15, 0.2) is 0 Å². The first kappa shape index (κ1) is 13.1. The van der Waals surface area contributed by atoms with Crippen LogP contribution in [-0.2, 0) is 26.6 Å². The number of benzene rings is 1. The summed E-state index contributed by atoms with van der Waals surface area (Å²) >= 11 is 0. The van der Waals surface area contributed by atoms with Crippen LogP contribution in [0, 0.1) is 0 Å². The van der Waals surface area contributed by atoms with Crippen LogP contribution in [-0.4, -0.2) is 23.1 Å². The second-order valence-electron chi connectivity index (χ2n) is 3.25. The minimum atomic E-state index is -3.84. The van der Waals surface area contributed by atoms with E-state index in [2.05, 4.69) is 4.72 Å². The largest absolute Gasteiger partial charge is 0.238 e. The quantitative estimate of drug-likeness (QED) is 0.756. The summed E-state index contributed by atoms with van der Waals surface area (Å²) < 4.78 is 46.3. The number of nitrogens with one attached hydrogen (secondary N) is 1. The van der Waals surface area contributed by atoms with Gasteiger partial charge in [-0.25, -0.2) is 26.7 Å². The maximum Gasteiger partial charge on any atom is 0.238 e. The third-order valence-electron chi connectivity index (χ3n) is 1.80. The first-order chi connectivity index (χ1) is 7.20. The fraction of sp³-hybridized carbons (Fsp3) is 0.250. The van der Waals surface area contributed by atoms with Crippen LogP contribution in [0.1, 0.15) is 5.56 Å². The molecule has 0 spiro atoms. The minimum absolute atomic E-state index is 0.0776.